The van der Waals surface area contributed by atoms with Crippen molar-refractivity contribution in [3.63, 3.8) is 0 Å². The number of amides is 1. The van der Waals surface area contributed by atoms with Gasteiger partial charge in [-0.25, -0.2) is 0 Å². The van der Waals surface area contributed by atoms with Crippen LogP contribution in [0.1, 0.15) is 28.8 Å². The fraction of sp³-hybridized carbons (Fsp3) is 0.438. The Morgan fingerprint density at radius 1 is 1.48 bits per heavy atom. The van der Waals surface area contributed by atoms with Crippen LogP contribution in [0.25, 0.3) is 0 Å². The van der Waals surface area contributed by atoms with Crippen LogP contribution in [0.5, 0.6) is 0 Å². The number of piperidine rings is 1. The summed E-state index contributed by atoms with van der Waals surface area (Å²) in [6.45, 7) is 3.77. The number of nitrogens with one attached hydrogen (secondary N) is 1. The Balaban J connectivity index is 1.90. The summed E-state index contributed by atoms with van der Waals surface area (Å²) in [5, 5.41) is 11.7. The predicted molar refractivity (Wildman–Crippen MR) is 80.0 cm³/mol. The molecule has 0 unspecified atom stereocenters. The number of hydrogen-bond donors (Lipinski definition) is 1. The highest BCUT2D eigenvalue weighted by Gasteiger charge is 2.20. The molecule has 1 N–H and O–H groups in total. The molecule has 0 aromatic heterocycles. The number of benzene rings is 1. The van der Waals surface area contributed by atoms with Crippen molar-refractivity contribution in [2.75, 3.05) is 25.0 Å². The topological polar surface area (TPSA) is 73.2 Å². The van der Waals surface area contributed by atoms with E-state index in [0.717, 1.165) is 37.8 Å². The first kappa shape index (κ1) is 15.2. The van der Waals surface area contributed by atoms with E-state index in [9.17, 15) is 9.59 Å². The molecule has 110 valence electrons. The minimum absolute atomic E-state index is 0.0865. The predicted octanol–water partition coefficient (Wildman–Crippen LogP) is 1.98. The van der Waals surface area contributed by atoms with E-state index in [1.807, 2.05) is 13.0 Å². The van der Waals surface area contributed by atoms with Gasteiger partial charge in [-0.15, -0.1) is 0 Å². The van der Waals surface area contributed by atoms with Gasteiger partial charge in [0.05, 0.1) is 12.6 Å². The Bertz CT molecular complexity index is 569. The third kappa shape index (κ3) is 4.14. The molecule has 5 heteroatoms. The van der Waals surface area contributed by atoms with Crippen LogP contribution in [0, 0.1) is 24.2 Å². The summed E-state index contributed by atoms with van der Waals surface area (Å²) in [6.07, 6.45) is 2.41. The molecular formula is C16H19N3O2. The van der Waals surface area contributed by atoms with E-state index < -0.39 is 0 Å². The molecular weight excluding hydrogens is 266 g/mol. The first-order chi connectivity index (χ1) is 10.1. The normalized spacial score (nSPS) is 16.2. The third-order valence-corrected chi connectivity index (χ3v) is 3.81. The zero-order valence-electron chi connectivity index (χ0n) is 12.1. The number of rotatable bonds is 4. The third-order valence-electron chi connectivity index (χ3n) is 3.81. The molecule has 1 aromatic rings. The molecule has 0 saturated carbocycles. The van der Waals surface area contributed by atoms with Crippen LogP contribution in [0.4, 0.5) is 5.69 Å². The average molecular weight is 285 g/mol. The van der Waals surface area contributed by atoms with E-state index in [-0.39, 0.29) is 11.8 Å². The summed E-state index contributed by atoms with van der Waals surface area (Å²) in [5.41, 5.74) is 2.15. The number of anilines is 1. The lowest BCUT2D eigenvalue weighted by molar-refractivity contribution is -0.117. The number of aldehydes is 1. The van der Waals surface area contributed by atoms with Gasteiger partial charge in [-0.3, -0.25) is 14.5 Å². The molecule has 1 saturated heterocycles. The molecule has 5 nitrogen and oxygen atoms in total. The second kappa shape index (κ2) is 7.00. The van der Waals surface area contributed by atoms with Gasteiger partial charge in [-0.1, -0.05) is 12.1 Å². The molecule has 1 amide bonds. The smallest absolute Gasteiger partial charge is 0.238 e. The molecule has 0 aliphatic carbocycles. The van der Waals surface area contributed by atoms with Crippen LogP contribution >= 0.6 is 0 Å². The van der Waals surface area contributed by atoms with Crippen LogP contribution in [0.2, 0.25) is 0 Å². The van der Waals surface area contributed by atoms with E-state index in [2.05, 4.69) is 16.3 Å². The Morgan fingerprint density at radius 3 is 2.81 bits per heavy atom. The molecule has 1 aliphatic heterocycles. The highest BCUT2D eigenvalue weighted by Crippen LogP contribution is 2.18. The average Bonchev–Trinajstić information content (AvgIpc) is 2.50. The van der Waals surface area contributed by atoms with Crippen LogP contribution in [-0.4, -0.2) is 36.7 Å². The van der Waals surface area contributed by atoms with Crippen molar-refractivity contribution in [3.8, 4) is 6.07 Å². The monoisotopic (exact) mass is 285 g/mol. The van der Waals surface area contributed by atoms with Crippen LogP contribution in [0.15, 0.2) is 18.2 Å². The van der Waals surface area contributed by atoms with Crippen molar-refractivity contribution >= 4 is 17.9 Å². The van der Waals surface area contributed by atoms with Gasteiger partial charge in [0.15, 0.2) is 0 Å². The van der Waals surface area contributed by atoms with Crippen molar-refractivity contribution in [2.45, 2.75) is 19.8 Å². The summed E-state index contributed by atoms with van der Waals surface area (Å²) in [7, 11) is 0. The second-order valence-electron chi connectivity index (χ2n) is 5.42. The Hall–Kier alpha value is -2.19. The Morgan fingerprint density at radius 2 is 2.19 bits per heavy atom. The van der Waals surface area contributed by atoms with E-state index in [0.29, 0.717) is 17.8 Å². The molecule has 0 radical (unpaired) electrons. The van der Waals surface area contributed by atoms with Gasteiger partial charge in [0, 0.05) is 17.2 Å². The second-order valence-corrected chi connectivity index (χ2v) is 5.42. The van der Waals surface area contributed by atoms with E-state index in [1.54, 1.807) is 12.1 Å². The standard InChI is InChI=1S/C16H19N3O2/c1-12-2-3-14(11-20)8-15(12)18-16(21)10-19-6-4-13(9-17)5-7-19/h2-3,8,11,13H,4-7,10H2,1H3,(H,18,21). The van der Waals surface area contributed by atoms with Crippen molar-refractivity contribution in [1.82, 2.24) is 4.90 Å². The fourth-order valence-corrected chi connectivity index (χ4v) is 2.46. The number of carbonyl (C=O) groups is 2. The summed E-state index contributed by atoms with van der Waals surface area (Å²) in [5.74, 6) is 0.0346. The number of hydrogen-bond acceptors (Lipinski definition) is 4. The van der Waals surface area contributed by atoms with Gasteiger partial charge < -0.3 is 5.32 Å². The maximum Gasteiger partial charge on any atom is 0.238 e. The van der Waals surface area contributed by atoms with Crippen molar-refractivity contribution < 1.29 is 9.59 Å². The molecule has 1 aromatic carbocycles. The summed E-state index contributed by atoms with van der Waals surface area (Å²) < 4.78 is 0. The molecule has 1 aliphatic rings. The highest BCUT2D eigenvalue weighted by atomic mass is 16.2. The van der Waals surface area contributed by atoms with E-state index in [4.69, 9.17) is 5.26 Å². The molecule has 0 atom stereocenters. The lowest BCUT2D eigenvalue weighted by Gasteiger charge is -2.28. The van der Waals surface area contributed by atoms with Gasteiger partial charge >= 0.3 is 0 Å². The fourth-order valence-electron chi connectivity index (χ4n) is 2.46. The number of nitriles is 1. The van der Waals surface area contributed by atoms with Gasteiger partial charge in [0.1, 0.15) is 6.29 Å². The Kier molecular flexibility index (Phi) is 5.07. The van der Waals surface area contributed by atoms with Crippen LogP contribution in [0.3, 0.4) is 0 Å². The number of aryl methyl sites for hydroxylation is 1. The quantitative estimate of drug-likeness (QED) is 0.858. The van der Waals surface area contributed by atoms with Gasteiger partial charge in [0.2, 0.25) is 5.91 Å². The summed E-state index contributed by atoms with van der Waals surface area (Å²) >= 11 is 0. The van der Waals surface area contributed by atoms with E-state index in [1.165, 1.54) is 0 Å². The molecule has 21 heavy (non-hydrogen) atoms. The summed E-state index contributed by atoms with van der Waals surface area (Å²) in [4.78, 5) is 24.9. The molecule has 0 spiro atoms. The lowest BCUT2D eigenvalue weighted by atomic mass is 9.99. The zero-order valence-corrected chi connectivity index (χ0v) is 12.1. The molecule has 2 rings (SSSR count). The number of nitrogens with zero attached hydrogens (tertiary/aromatic N) is 2. The van der Waals surface area contributed by atoms with E-state index >= 15 is 0 Å². The molecule has 1 fully saturated rings. The summed E-state index contributed by atoms with van der Waals surface area (Å²) in [6, 6.07) is 7.50. The molecule has 1 heterocycles. The van der Waals surface area contributed by atoms with Crippen LogP contribution < -0.4 is 5.32 Å². The largest absolute Gasteiger partial charge is 0.325 e. The van der Waals surface area contributed by atoms with Gasteiger partial charge in [0.25, 0.3) is 0 Å². The number of carbonyl (C=O) groups excluding carboxylic acids is 2. The lowest BCUT2D eigenvalue weighted by Crippen LogP contribution is -2.39. The Labute approximate surface area is 124 Å². The maximum atomic E-state index is 12.1. The minimum atomic E-state index is -0.0865. The molecule has 0 bridgehead atoms. The van der Waals surface area contributed by atoms with Crippen LogP contribution in [-0.2, 0) is 4.79 Å². The van der Waals surface area contributed by atoms with Gasteiger partial charge in [-0.2, -0.15) is 5.26 Å². The minimum Gasteiger partial charge on any atom is -0.325 e. The highest BCUT2D eigenvalue weighted by molar-refractivity contribution is 5.94. The van der Waals surface area contributed by atoms with Gasteiger partial charge in [-0.05, 0) is 44.5 Å². The first-order valence-corrected chi connectivity index (χ1v) is 7.10. The zero-order chi connectivity index (χ0) is 15.2. The SMILES string of the molecule is Cc1ccc(C=O)cc1NC(=O)CN1CCC(C#N)CC1. The maximum absolute atomic E-state index is 12.1. The first-order valence-electron chi connectivity index (χ1n) is 7.10. The van der Waals surface area contributed by atoms with Crippen molar-refractivity contribution in [1.29, 1.82) is 5.26 Å². The van der Waals surface area contributed by atoms with Crippen molar-refractivity contribution in [3.05, 3.63) is 29.3 Å². The number of likely N-dealkylation sites (tertiary alicyclic amines) is 1. The van der Waals surface area contributed by atoms with Crippen molar-refractivity contribution in [2.24, 2.45) is 5.92 Å².